The smallest absolute Gasteiger partial charge is 0.222 e. The van der Waals surface area contributed by atoms with E-state index in [4.69, 9.17) is 21.7 Å². The maximum atomic E-state index is 9.51. The van der Waals surface area contributed by atoms with Crippen LogP contribution in [0.25, 0.3) is 0 Å². The lowest BCUT2D eigenvalue weighted by molar-refractivity contribution is 0.105. The zero-order valence-electron chi connectivity index (χ0n) is 14.0. The van der Waals surface area contributed by atoms with Gasteiger partial charge in [0.1, 0.15) is 0 Å². The molecule has 7 heteroatoms. The van der Waals surface area contributed by atoms with Gasteiger partial charge in [0.05, 0.1) is 18.4 Å². The van der Waals surface area contributed by atoms with Crippen molar-refractivity contribution in [3.05, 3.63) is 52.8 Å². The number of nitrogens with zero attached hydrogens (tertiary/aromatic N) is 2. The van der Waals surface area contributed by atoms with E-state index in [2.05, 4.69) is 21.7 Å². The lowest BCUT2D eigenvalue weighted by Crippen LogP contribution is -2.41. The third-order valence-electron chi connectivity index (χ3n) is 4.70. The van der Waals surface area contributed by atoms with Gasteiger partial charge in [0.25, 0.3) is 0 Å². The highest BCUT2D eigenvalue weighted by atomic mass is 35.5. The van der Waals surface area contributed by atoms with Crippen LogP contribution in [-0.2, 0) is 5.41 Å². The Labute approximate surface area is 152 Å². The summed E-state index contributed by atoms with van der Waals surface area (Å²) in [6, 6.07) is 9.85. The second kappa shape index (κ2) is 8.10. The number of rotatable bonds is 6. The molecule has 1 atom stereocenters. The molecule has 25 heavy (non-hydrogen) atoms. The molecule has 0 aliphatic carbocycles. The minimum Gasteiger partial charge on any atom is -0.394 e. The quantitative estimate of drug-likeness (QED) is 0.623. The van der Waals surface area contributed by atoms with Crippen LogP contribution in [-0.4, -0.2) is 52.5 Å². The number of aliphatic hydroxyl groups excluding tert-OH is 2. The second-order valence-electron chi connectivity index (χ2n) is 6.29. The molecule has 1 aromatic carbocycles. The summed E-state index contributed by atoms with van der Waals surface area (Å²) in [5, 5.41) is 25.6. The van der Waals surface area contributed by atoms with Crippen molar-refractivity contribution in [2.75, 3.05) is 31.6 Å². The molecule has 4 N–H and O–H groups in total. The van der Waals surface area contributed by atoms with E-state index in [0.717, 1.165) is 42.2 Å². The molecule has 0 spiro atoms. The first kappa shape index (κ1) is 18.1. The molecule has 0 bridgehead atoms. The molecule has 1 aliphatic heterocycles. The standard InChI is InChI=1S/C18H23ClN4O2/c19-15-4-2-1-3-14(15)18(6-9-20-10-7-18)16-5-8-21-17(23-16)22-11-13(25)12-24/h1-5,8,13,20,24-25H,6-7,9-12H2,(H,21,22,23)/t13-/m1/s1. The van der Waals surface area contributed by atoms with Gasteiger partial charge in [0.2, 0.25) is 5.95 Å². The minimum absolute atomic E-state index is 0.195. The molecule has 1 aliphatic rings. The van der Waals surface area contributed by atoms with Crippen LogP contribution in [0.2, 0.25) is 5.02 Å². The normalized spacial score (nSPS) is 17.9. The van der Waals surface area contributed by atoms with Crippen molar-refractivity contribution < 1.29 is 10.2 Å². The number of hydrogen-bond donors (Lipinski definition) is 4. The predicted molar refractivity (Wildman–Crippen MR) is 98.0 cm³/mol. The largest absolute Gasteiger partial charge is 0.394 e. The van der Waals surface area contributed by atoms with E-state index in [1.54, 1.807) is 6.20 Å². The molecule has 2 heterocycles. The van der Waals surface area contributed by atoms with E-state index in [9.17, 15) is 5.11 Å². The Hall–Kier alpha value is -1.73. The number of aromatic nitrogens is 2. The average molecular weight is 363 g/mol. The third kappa shape index (κ3) is 3.93. The van der Waals surface area contributed by atoms with Gasteiger partial charge in [0.15, 0.2) is 0 Å². The number of halogens is 1. The monoisotopic (exact) mass is 362 g/mol. The molecule has 0 amide bonds. The zero-order chi connectivity index (χ0) is 17.7. The topological polar surface area (TPSA) is 90.3 Å². The lowest BCUT2D eigenvalue weighted by Gasteiger charge is -2.38. The van der Waals surface area contributed by atoms with E-state index in [1.165, 1.54) is 0 Å². The molecule has 1 aromatic heterocycles. The minimum atomic E-state index is -0.844. The first-order valence-corrected chi connectivity index (χ1v) is 8.85. The van der Waals surface area contributed by atoms with E-state index >= 15 is 0 Å². The van der Waals surface area contributed by atoms with Gasteiger partial charge in [-0.2, -0.15) is 0 Å². The summed E-state index contributed by atoms with van der Waals surface area (Å²) in [6.45, 7) is 1.67. The Morgan fingerprint density at radius 1 is 1.24 bits per heavy atom. The number of hydrogen-bond acceptors (Lipinski definition) is 6. The fourth-order valence-electron chi connectivity index (χ4n) is 3.35. The fourth-order valence-corrected chi connectivity index (χ4v) is 3.67. The highest BCUT2D eigenvalue weighted by Crippen LogP contribution is 2.42. The van der Waals surface area contributed by atoms with Gasteiger partial charge >= 0.3 is 0 Å². The molecule has 0 unspecified atom stereocenters. The van der Waals surface area contributed by atoms with Crippen molar-refractivity contribution in [1.29, 1.82) is 0 Å². The van der Waals surface area contributed by atoms with E-state index in [-0.39, 0.29) is 18.6 Å². The summed E-state index contributed by atoms with van der Waals surface area (Å²) in [6.07, 6.45) is 2.67. The molecule has 0 radical (unpaired) electrons. The van der Waals surface area contributed by atoms with Crippen LogP contribution in [0.5, 0.6) is 0 Å². The summed E-state index contributed by atoms with van der Waals surface area (Å²) in [5.74, 6) is 0.440. The SMILES string of the molecule is OC[C@H](O)CNc1nccc(C2(c3ccccc3Cl)CCNCC2)n1. The van der Waals surface area contributed by atoms with E-state index in [1.807, 2.05) is 24.3 Å². The molecule has 0 saturated carbocycles. The van der Waals surface area contributed by atoms with Crippen molar-refractivity contribution in [2.45, 2.75) is 24.4 Å². The van der Waals surface area contributed by atoms with Crippen LogP contribution in [0, 0.1) is 0 Å². The summed E-state index contributed by atoms with van der Waals surface area (Å²) in [4.78, 5) is 8.92. The number of anilines is 1. The molecule has 1 saturated heterocycles. The number of nitrogens with one attached hydrogen (secondary N) is 2. The van der Waals surface area contributed by atoms with Crippen molar-refractivity contribution in [3.63, 3.8) is 0 Å². The van der Waals surface area contributed by atoms with Gasteiger partial charge in [-0.15, -0.1) is 0 Å². The van der Waals surface area contributed by atoms with Crippen molar-refractivity contribution in [1.82, 2.24) is 15.3 Å². The summed E-state index contributed by atoms with van der Waals surface area (Å²) in [7, 11) is 0. The fraction of sp³-hybridized carbons (Fsp3) is 0.444. The summed E-state index contributed by atoms with van der Waals surface area (Å²) < 4.78 is 0. The molecule has 3 rings (SSSR count). The van der Waals surface area contributed by atoms with Crippen LogP contribution < -0.4 is 10.6 Å². The van der Waals surface area contributed by atoms with Crippen molar-refractivity contribution >= 4 is 17.5 Å². The lowest BCUT2D eigenvalue weighted by atomic mass is 9.70. The van der Waals surface area contributed by atoms with Gasteiger partial charge in [0, 0.05) is 23.2 Å². The Bertz CT molecular complexity index is 707. The maximum Gasteiger partial charge on any atom is 0.222 e. The maximum absolute atomic E-state index is 9.51. The molecule has 134 valence electrons. The molecular formula is C18H23ClN4O2. The van der Waals surface area contributed by atoms with Gasteiger partial charge in [-0.25, -0.2) is 9.97 Å². The molecular weight excluding hydrogens is 340 g/mol. The van der Waals surface area contributed by atoms with Crippen molar-refractivity contribution in [2.24, 2.45) is 0 Å². The highest BCUT2D eigenvalue weighted by molar-refractivity contribution is 6.31. The second-order valence-corrected chi connectivity index (χ2v) is 6.70. The zero-order valence-corrected chi connectivity index (χ0v) is 14.7. The Kier molecular flexibility index (Phi) is 5.86. The summed E-state index contributed by atoms with van der Waals surface area (Å²) in [5.41, 5.74) is 1.73. The van der Waals surface area contributed by atoms with Gasteiger partial charge in [-0.3, -0.25) is 0 Å². The molecule has 6 nitrogen and oxygen atoms in total. The van der Waals surface area contributed by atoms with Gasteiger partial charge in [-0.1, -0.05) is 29.8 Å². The molecule has 1 fully saturated rings. The number of aliphatic hydroxyl groups is 2. The van der Waals surface area contributed by atoms with Crippen LogP contribution in [0.3, 0.4) is 0 Å². The Morgan fingerprint density at radius 3 is 2.72 bits per heavy atom. The summed E-state index contributed by atoms with van der Waals surface area (Å²) >= 11 is 6.52. The number of piperidine rings is 1. The average Bonchev–Trinajstić information content (AvgIpc) is 2.67. The highest BCUT2D eigenvalue weighted by Gasteiger charge is 2.38. The van der Waals surface area contributed by atoms with Crippen LogP contribution >= 0.6 is 11.6 Å². The Morgan fingerprint density at radius 2 is 2.00 bits per heavy atom. The number of benzene rings is 1. The van der Waals surface area contributed by atoms with Gasteiger partial charge < -0.3 is 20.8 Å². The van der Waals surface area contributed by atoms with Crippen LogP contribution in [0.4, 0.5) is 5.95 Å². The Balaban J connectivity index is 1.96. The predicted octanol–water partition coefficient (Wildman–Crippen LogP) is 1.56. The van der Waals surface area contributed by atoms with Crippen LogP contribution in [0.15, 0.2) is 36.5 Å². The first-order chi connectivity index (χ1) is 12.2. The van der Waals surface area contributed by atoms with Crippen molar-refractivity contribution in [3.8, 4) is 0 Å². The van der Waals surface area contributed by atoms with Gasteiger partial charge in [-0.05, 0) is 43.6 Å². The third-order valence-corrected chi connectivity index (χ3v) is 5.03. The molecule has 2 aromatic rings. The van der Waals surface area contributed by atoms with E-state index < -0.39 is 6.10 Å². The van der Waals surface area contributed by atoms with Crippen LogP contribution in [0.1, 0.15) is 24.1 Å². The first-order valence-electron chi connectivity index (χ1n) is 8.48. The van der Waals surface area contributed by atoms with E-state index in [0.29, 0.717) is 5.95 Å².